The molecule has 7 heteroatoms. The van der Waals surface area contributed by atoms with Crippen molar-refractivity contribution in [1.29, 1.82) is 0 Å². The van der Waals surface area contributed by atoms with Gasteiger partial charge < -0.3 is 19.0 Å². The van der Waals surface area contributed by atoms with Gasteiger partial charge in [-0.1, -0.05) is 45.8 Å². The van der Waals surface area contributed by atoms with Crippen molar-refractivity contribution in [1.82, 2.24) is 4.90 Å². The minimum absolute atomic E-state index is 0.166. The maximum absolute atomic E-state index is 10.8. The number of aliphatic carboxylic acids is 1. The first kappa shape index (κ1) is 30.8. The standard InChI is InChI=1S/C30H55NO5Si/c1-28(2,3)37(6,7)36-26(29(18-19-29)23-24-16-17-24)14-12-21-31-22-20-30(34-4,35-5)25(31)13-10-8-9-11-15-27(32)33/h8,10,24-26H,9,11-23H2,1-7H3,(H,32,33). The molecule has 2 atom stereocenters. The van der Waals surface area contributed by atoms with Gasteiger partial charge in [0, 0.05) is 33.6 Å². The molecule has 0 aromatic heterocycles. The lowest BCUT2D eigenvalue weighted by atomic mass is 9.89. The number of carboxylic acids is 1. The molecule has 1 heterocycles. The summed E-state index contributed by atoms with van der Waals surface area (Å²) >= 11 is 0. The van der Waals surface area contributed by atoms with Gasteiger partial charge in [-0.25, -0.2) is 0 Å². The average Bonchev–Trinajstić information content (AvgIpc) is 3.76. The second-order valence-electron chi connectivity index (χ2n) is 13.5. The van der Waals surface area contributed by atoms with E-state index < -0.39 is 20.1 Å². The molecule has 214 valence electrons. The van der Waals surface area contributed by atoms with Crippen molar-refractivity contribution in [2.45, 2.75) is 134 Å². The molecule has 0 aromatic carbocycles. The predicted octanol–water partition coefficient (Wildman–Crippen LogP) is 7.00. The van der Waals surface area contributed by atoms with Crippen molar-refractivity contribution in [3.63, 3.8) is 0 Å². The third-order valence-electron chi connectivity index (χ3n) is 9.80. The van der Waals surface area contributed by atoms with Crippen molar-refractivity contribution in [3.8, 4) is 0 Å². The van der Waals surface area contributed by atoms with Gasteiger partial charge in [0.15, 0.2) is 14.1 Å². The summed E-state index contributed by atoms with van der Waals surface area (Å²) in [6, 6.07) is 0.166. The van der Waals surface area contributed by atoms with Crippen LogP contribution in [0, 0.1) is 11.3 Å². The molecule has 6 nitrogen and oxygen atoms in total. The van der Waals surface area contributed by atoms with Gasteiger partial charge in [-0.3, -0.25) is 9.69 Å². The highest BCUT2D eigenvalue weighted by Crippen LogP contribution is 2.60. The Bertz CT molecular complexity index is 764. The number of unbranched alkanes of at least 4 members (excludes halogenated alkanes) is 1. The number of rotatable bonds is 17. The Balaban J connectivity index is 1.61. The molecular formula is C30H55NO5Si. The number of ether oxygens (including phenoxy) is 2. The highest BCUT2D eigenvalue weighted by Gasteiger charge is 2.54. The Kier molecular flexibility index (Phi) is 10.5. The van der Waals surface area contributed by atoms with E-state index in [0.717, 1.165) is 51.1 Å². The van der Waals surface area contributed by atoms with Crippen LogP contribution in [-0.2, 0) is 18.7 Å². The summed E-state index contributed by atoms with van der Waals surface area (Å²) in [4.78, 5) is 13.3. The largest absolute Gasteiger partial charge is 0.481 e. The molecule has 2 aliphatic carbocycles. The molecule has 0 bridgehead atoms. The van der Waals surface area contributed by atoms with Gasteiger partial charge in [0.25, 0.3) is 0 Å². The number of methoxy groups -OCH3 is 2. The zero-order chi connectivity index (χ0) is 27.3. The Morgan fingerprint density at radius 2 is 1.78 bits per heavy atom. The van der Waals surface area contributed by atoms with E-state index in [1.165, 1.54) is 32.1 Å². The summed E-state index contributed by atoms with van der Waals surface area (Å²) < 4.78 is 19.1. The van der Waals surface area contributed by atoms with Crippen LogP contribution < -0.4 is 0 Å². The Hall–Kier alpha value is -0.733. The number of hydrogen-bond donors (Lipinski definition) is 1. The van der Waals surface area contributed by atoms with Gasteiger partial charge >= 0.3 is 5.97 Å². The molecule has 1 N–H and O–H groups in total. The molecule has 0 radical (unpaired) electrons. The highest BCUT2D eigenvalue weighted by molar-refractivity contribution is 6.74. The summed E-state index contributed by atoms with van der Waals surface area (Å²) in [7, 11) is 1.68. The molecule has 37 heavy (non-hydrogen) atoms. The van der Waals surface area contributed by atoms with Crippen LogP contribution in [-0.4, -0.2) is 69.5 Å². The molecule has 1 saturated heterocycles. The fourth-order valence-electron chi connectivity index (χ4n) is 5.99. The van der Waals surface area contributed by atoms with E-state index in [4.69, 9.17) is 19.0 Å². The minimum Gasteiger partial charge on any atom is -0.481 e. The van der Waals surface area contributed by atoms with Crippen LogP contribution in [0.25, 0.3) is 0 Å². The lowest BCUT2D eigenvalue weighted by Gasteiger charge is -2.42. The maximum Gasteiger partial charge on any atom is 0.303 e. The Labute approximate surface area is 227 Å². The van der Waals surface area contributed by atoms with Gasteiger partial charge in [0.1, 0.15) is 0 Å². The SMILES string of the molecule is COC1(OC)CCN(CCCC(O[Si](C)(C)C(C)(C)C)C2(CC3CC3)CC2)C1CC=CCCCC(=O)O. The molecule has 2 saturated carbocycles. The van der Waals surface area contributed by atoms with Crippen LogP contribution in [0.15, 0.2) is 12.2 Å². The number of carbonyl (C=O) groups is 1. The quantitative estimate of drug-likeness (QED) is 0.0932. The van der Waals surface area contributed by atoms with E-state index in [1.807, 2.05) is 0 Å². The fourth-order valence-corrected chi connectivity index (χ4v) is 7.42. The minimum atomic E-state index is -1.83. The number of likely N-dealkylation sites (tertiary alicyclic amines) is 1. The third kappa shape index (κ3) is 8.13. The number of nitrogens with zero attached hydrogens (tertiary/aromatic N) is 1. The molecule has 0 aromatic rings. The van der Waals surface area contributed by atoms with Crippen molar-refractivity contribution in [2.24, 2.45) is 11.3 Å². The van der Waals surface area contributed by atoms with Crippen LogP contribution >= 0.6 is 0 Å². The second-order valence-corrected chi connectivity index (χ2v) is 18.3. The van der Waals surface area contributed by atoms with Crippen molar-refractivity contribution in [3.05, 3.63) is 12.2 Å². The molecular weight excluding hydrogens is 482 g/mol. The monoisotopic (exact) mass is 537 g/mol. The van der Waals surface area contributed by atoms with Crippen LogP contribution in [0.5, 0.6) is 0 Å². The first-order valence-electron chi connectivity index (χ1n) is 14.8. The molecule has 0 amide bonds. The average molecular weight is 538 g/mol. The van der Waals surface area contributed by atoms with Crippen molar-refractivity contribution in [2.75, 3.05) is 27.3 Å². The molecule has 1 aliphatic heterocycles. The summed E-state index contributed by atoms with van der Waals surface area (Å²) in [6.45, 7) is 13.9. The maximum atomic E-state index is 10.8. The first-order chi connectivity index (χ1) is 17.4. The van der Waals surface area contributed by atoms with E-state index in [9.17, 15) is 4.79 Å². The Morgan fingerprint density at radius 1 is 1.11 bits per heavy atom. The number of allylic oxidation sites excluding steroid dienone is 1. The van der Waals surface area contributed by atoms with Crippen LogP contribution in [0.1, 0.15) is 97.8 Å². The summed E-state index contributed by atoms with van der Waals surface area (Å²) in [5.41, 5.74) is 0.433. The number of carboxylic acid groups (broad SMARTS) is 1. The Morgan fingerprint density at radius 3 is 2.32 bits per heavy atom. The van der Waals surface area contributed by atoms with Crippen LogP contribution in [0.3, 0.4) is 0 Å². The van der Waals surface area contributed by atoms with E-state index >= 15 is 0 Å². The fraction of sp³-hybridized carbons (Fsp3) is 0.900. The van der Waals surface area contributed by atoms with E-state index in [-0.39, 0.29) is 17.5 Å². The third-order valence-corrected chi connectivity index (χ3v) is 14.3. The van der Waals surface area contributed by atoms with Crippen LogP contribution in [0.2, 0.25) is 18.1 Å². The first-order valence-corrected chi connectivity index (χ1v) is 17.7. The van der Waals surface area contributed by atoms with Crippen molar-refractivity contribution >= 4 is 14.3 Å². The zero-order valence-corrected chi connectivity index (χ0v) is 25.8. The van der Waals surface area contributed by atoms with E-state index in [2.05, 4.69) is 50.9 Å². The lowest BCUT2D eigenvalue weighted by molar-refractivity contribution is -0.218. The molecule has 3 fully saturated rings. The molecule has 3 aliphatic rings. The van der Waals surface area contributed by atoms with Crippen LogP contribution in [0.4, 0.5) is 0 Å². The molecule has 2 unspecified atom stereocenters. The highest BCUT2D eigenvalue weighted by atomic mass is 28.4. The predicted molar refractivity (Wildman–Crippen MR) is 152 cm³/mol. The second kappa shape index (κ2) is 12.6. The van der Waals surface area contributed by atoms with Crippen molar-refractivity contribution < 1.29 is 23.8 Å². The van der Waals surface area contributed by atoms with Gasteiger partial charge in [0.2, 0.25) is 0 Å². The van der Waals surface area contributed by atoms with Gasteiger partial charge in [-0.05, 0) is 87.4 Å². The van der Waals surface area contributed by atoms with E-state index in [1.54, 1.807) is 14.2 Å². The van der Waals surface area contributed by atoms with E-state index in [0.29, 0.717) is 17.9 Å². The summed E-state index contributed by atoms with van der Waals surface area (Å²) in [5.74, 6) is -0.358. The molecule has 3 rings (SSSR count). The lowest BCUT2D eigenvalue weighted by Crippen LogP contribution is -2.48. The normalized spacial score (nSPS) is 24.6. The van der Waals surface area contributed by atoms with Gasteiger partial charge in [-0.15, -0.1) is 0 Å². The zero-order valence-electron chi connectivity index (χ0n) is 24.8. The topological polar surface area (TPSA) is 68.2 Å². The van der Waals surface area contributed by atoms with Gasteiger partial charge in [-0.2, -0.15) is 0 Å². The molecule has 0 spiro atoms. The summed E-state index contributed by atoms with van der Waals surface area (Å²) in [5, 5.41) is 9.09. The smallest absolute Gasteiger partial charge is 0.303 e. The van der Waals surface area contributed by atoms with Gasteiger partial charge in [0.05, 0.1) is 12.1 Å². The number of hydrogen-bond acceptors (Lipinski definition) is 5. The summed E-state index contributed by atoms with van der Waals surface area (Å²) in [6.07, 6.45) is 17.3.